The number of thiophene rings is 1. The fourth-order valence-electron chi connectivity index (χ4n) is 4.42. The number of nitriles is 1. The summed E-state index contributed by atoms with van der Waals surface area (Å²) in [6, 6.07) is 16.8. The minimum Gasteiger partial charge on any atom is -0.472 e. The molecule has 4 aromatic heterocycles. The summed E-state index contributed by atoms with van der Waals surface area (Å²) in [6.07, 6.45) is 3.20. The molecule has 6 rings (SSSR count). The van der Waals surface area contributed by atoms with Crippen molar-refractivity contribution in [1.82, 2.24) is 20.5 Å². The van der Waals surface area contributed by atoms with Gasteiger partial charge < -0.3 is 14.6 Å². The van der Waals surface area contributed by atoms with Gasteiger partial charge in [0, 0.05) is 43.0 Å². The number of H-pyrrole nitrogens is 1. The van der Waals surface area contributed by atoms with E-state index in [4.69, 9.17) is 9.40 Å². The zero-order valence-corrected chi connectivity index (χ0v) is 19.7. The first-order valence-electron chi connectivity index (χ1n) is 10.8. The third-order valence-electron chi connectivity index (χ3n) is 6.01. The number of rotatable bonds is 4. The van der Waals surface area contributed by atoms with Crippen molar-refractivity contribution in [3.05, 3.63) is 65.9 Å². The van der Waals surface area contributed by atoms with Gasteiger partial charge in [0.2, 0.25) is 0 Å². The summed E-state index contributed by atoms with van der Waals surface area (Å²) >= 11 is 1.63. The van der Waals surface area contributed by atoms with Crippen LogP contribution in [0.3, 0.4) is 0 Å². The molecule has 0 atom stereocenters. The van der Waals surface area contributed by atoms with Gasteiger partial charge in [-0.2, -0.15) is 10.4 Å². The van der Waals surface area contributed by atoms with E-state index in [-0.39, 0.29) is 12.4 Å². The molecule has 0 aliphatic carbocycles. The number of hydrogen-bond donors (Lipinski definition) is 2. The van der Waals surface area contributed by atoms with Crippen molar-refractivity contribution in [1.29, 1.82) is 5.26 Å². The Morgan fingerprint density at radius 3 is 2.56 bits per heavy atom. The fraction of sp³-hybridized carbons (Fsp3) is 0.160. The van der Waals surface area contributed by atoms with Crippen LogP contribution in [0.2, 0.25) is 0 Å². The molecule has 0 unspecified atom stereocenters. The number of hydrogen-bond acceptors (Lipinski definition) is 7. The maximum atomic E-state index is 10.3. The van der Waals surface area contributed by atoms with Gasteiger partial charge in [-0.05, 0) is 35.2 Å². The highest BCUT2D eigenvalue weighted by molar-refractivity contribution is 7.13. The molecule has 7 nitrogen and oxygen atoms in total. The molecule has 0 spiro atoms. The second kappa shape index (κ2) is 9.31. The van der Waals surface area contributed by atoms with Crippen molar-refractivity contribution in [2.75, 3.05) is 31.1 Å². The van der Waals surface area contributed by atoms with Gasteiger partial charge in [0.25, 0.3) is 0 Å². The number of aromatic amines is 1. The zero-order valence-electron chi connectivity index (χ0n) is 18.1. The lowest BCUT2D eigenvalue weighted by molar-refractivity contribution is 0.568. The molecule has 5 heterocycles. The standard InChI is InChI=1S/C25H20N6OS.ClH/c26-14-19-21(16-3-5-18(6-4-16)31-10-8-27-9-11-31)22-24(20-2-1-13-33-20)29-30-25(22)28-23(19)17-7-12-32-15-17;/h1-7,12-13,15,27H,8-11H2,(H,28,29,30);1H. The Kier molecular flexibility index (Phi) is 6.07. The molecule has 1 saturated heterocycles. The predicted octanol–water partition coefficient (Wildman–Crippen LogP) is 5.32. The minimum absolute atomic E-state index is 0. The Morgan fingerprint density at radius 1 is 1.06 bits per heavy atom. The molecule has 1 fully saturated rings. The molecule has 1 aliphatic rings. The van der Waals surface area contributed by atoms with Gasteiger partial charge in [-0.15, -0.1) is 23.7 Å². The zero-order chi connectivity index (χ0) is 22.2. The summed E-state index contributed by atoms with van der Waals surface area (Å²) in [5.74, 6) is 0. The molecule has 0 radical (unpaired) electrons. The van der Waals surface area contributed by atoms with E-state index >= 15 is 0 Å². The molecule has 1 aliphatic heterocycles. The SMILES string of the molecule is Cl.N#Cc1c(-c2ccoc2)nc2n[nH]c(-c3cccs3)c2c1-c1ccc(N2CCNCC2)cc1. The van der Waals surface area contributed by atoms with Gasteiger partial charge in [0.15, 0.2) is 5.65 Å². The normalized spacial score (nSPS) is 13.6. The summed E-state index contributed by atoms with van der Waals surface area (Å²) in [4.78, 5) is 8.19. The summed E-state index contributed by atoms with van der Waals surface area (Å²) in [7, 11) is 0. The van der Waals surface area contributed by atoms with E-state index in [1.165, 1.54) is 5.69 Å². The quantitative estimate of drug-likeness (QED) is 0.355. The maximum absolute atomic E-state index is 10.3. The number of anilines is 1. The van der Waals surface area contributed by atoms with Crippen LogP contribution < -0.4 is 10.2 Å². The lowest BCUT2D eigenvalue weighted by Crippen LogP contribution is -2.43. The molecule has 170 valence electrons. The van der Waals surface area contributed by atoms with Gasteiger partial charge in [0.1, 0.15) is 6.07 Å². The van der Waals surface area contributed by atoms with Gasteiger partial charge >= 0.3 is 0 Å². The summed E-state index contributed by atoms with van der Waals surface area (Å²) in [5.41, 5.74) is 6.28. The molecule has 0 saturated carbocycles. The fourth-order valence-corrected chi connectivity index (χ4v) is 5.15. The highest BCUT2D eigenvalue weighted by Crippen LogP contribution is 2.41. The van der Waals surface area contributed by atoms with Crippen LogP contribution in [0.5, 0.6) is 0 Å². The number of furan rings is 1. The largest absolute Gasteiger partial charge is 0.472 e. The molecule has 1 aromatic carbocycles. The number of aromatic nitrogens is 3. The number of benzene rings is 1. The highest BCUT2D eigenvalue weighted by atomic mass is 35.5. The van der Waals surface area contributed by atoms with Crippen LogP contribution in [-0.2, 0) is 0 Å². The Bertz CT molecular complexity index is 1450. The molecular formula is C25H21ClN6OS. The summed E-state index contributed by atoms with van der Waals surface area (Å²) < 4.78 is 5.29. The van der Waals surface area contributed by atoms with Gasteiger partial charge in [0.05, 0.1) is 39.7 Å². The summed E-state index contributed by atoms with van der Waals surface area (Å²) in [5, 5.41) is 24.2. The van der Waals surface area contributed by atoms with Crippen LogP contribution in [0.1, 0.15) is 5.56 Å². The summed E-state index contributed by atoms with van der Waals surface area (Å²) in [6.45, 7) is 3.94. The van der Waals surface area contributed by atoms with E-state index in [1.807, 2.05) is 23.6 Å². The lowest BCUT2D eigenvalue weighted by Gasteiger charge is -2.29. The van der Waals surface area contributed by atoms with Crippen molar-refractivity contribution < 1.29 is 4.42 Å². The van der Waals surface area contributed by atoms with Crippen molar-refractivity contribution in [2.24, 2.45) is 0 Å². The first kappa shape index (κ1) is 22.2. The average molecular weight is 489 g/mol. The number of fused-ring (bicyclic) bond motifs is 1. The highest BCUT2D eigenvalue weighted by Gasteiger charge is 2.24. The Balaban J connectivity index is 0.00000241. The molecule has 0 amide bonds. The van der Waals surface area contributed by atoms with E-state index in [1.54, 1.807) is 23.9 Å². The van der Waals surface area contributed by atoms with Gasteiger partial charge in [-0.25, -0.2) is 4.98 Å². The molecule has 34 heavy (non-hydrogen) atoms. The third-order valence-corrected chi connectivity index (χ3v) is 6.90. The van der Waals surface area contributed by atoms with Crippen molar-refractivity contribution in [3.8, 4) is 39.0 Å². The third kappa shape index (κ3) is 3.74. The average Bonchev–Trinajstić information content (AvgIpc) is 3.65. The monoisotopic (exact) mass is 488 g/mol. The number of pyridine rings is 1. The molecule has 0 bridgehead atoms. The van der Waals surface area contributed by atoms with Crippen LogP contribution in [0.25, 0.3) is 44.0 Å². The molecular weight excluding hydrogens is 468 g/mol. The van der Waals surface area contributed by atoms with Crippen molar-refractivity contribution >= 4 is 40.5 Å². The van der Waals surface area contributed by atoms with E-state index in [2.05, 4.69) is 50.7 Å². The van der Waals surface area contributed by atoms with Gasteiger partial charge in [-0.1, -0.05) is 18.2 Å². The maximum Gasteiger partial charge on any atom is 0.182 e. The van der Waals surface area contributed by atoms with Crippen LogP contribution in [0.15, 0.2) is 64.8 Å². The number of nitrogens with one attached hydrogen (secondary N) is 2. The Hall–Kier alpha value is -3.64. The lowest BCUT2D eigenvalue weighted by atomic mass is 9.93. The van der Waals surface area contributed by atoms with E-state index in [9.17, 15) is 5.26 Å². The Labute approximate surface area is 206 Å². The topological polar surface area (TPSA) is 93.8 Å². The minimum atomic E-state index is 0. The first-order chi connectivity index (χ1) is 16.3. The predicted molar refractivity (Wildman–Crippen MR) is 137 cm³/mol. The Morgan fingerprint density at radius 2 is 1.88 bits per heavy atom. The van der Waals surface area contributed by atoms with E-state index in [0.717, 1.165) is 58.8 Å². The van der Waals surface area contributed by atoms with Crippen molar-refractivity contribution in [3.63, 3.8) is 0 Å². The van der Waals surface area contributed by atoms with Crippen LogP contribution in [0, 0.1) is 11.3 Å². The molecule has 9 heteroatoms. The smallest absolute Gasteiger partial charge is 0.182 e. The van der Waals surface area contributed by atoms with Crippen LogP contribution in [-0.4, -0.2) is 41.4 Å². The van der Waals surface area contributed by atoms with E-state index < -0.39 is 0 Å². The number of nitrogens with zero attached hydrogens (tertiary/aromatic N) is 4. The molecule has 2 N–H and O–H groups in total. The second-order valence-corrected chi connectivity index (χ2v) is 8.84. The number of halogens is 1. The van der Waals surface area contributed by atoms with Crippen LogP contribution in [0.4, 0.5) is 5.69 Å². The van der Waals surface area contributed by atoms with Gasteiger partial charge in [-0.3, -0.25) is 5.10 Å². The number of piperazine rings is 1. The van der Waals surface area contributed by atoms with Crippen LogP contribution >= 0.6 is 23.7 Å². The first-order valence-corrected chi connectivity index (χ1v) is 11.7. The second-order valence-electron chi connectivity index (χ2n) is 7.89. The van der Waals surface area contributed by atoms with Crippen molar-refractivity contribution in [2.45, 2.75) is 0 Å². The van der Waals surface area contributed by atoms with E-state index in [0.29, 0.717) is 16.9 Å². The molecule has 5 aromatic rings.